The zero-order valence-corrected chi connectivity index (χ0v) is 15.4. The van der Waals surface area contributed by atoms with Crippen molar-refractivity contribution in [2.24, 2.45) is 0 Å². The van der Waals surface area contributed by atoms with E-state index in [2.05, 4.69) is 21.6 Å². The van der Waals surface area contributed by atoms with Gasteiger partial charge < -0.3 is 10.6 Å². The van der Waals surface area contributed by atoms with Gasteiger partial charge >= 0.3 is 0 Å². The minimum absolute atomic E-state index is 0.0375. The van der Waals surface area contributed by atoms with Crippen LogP contribution in [0.2, 0.25) is 10.0 Å². The molecule has 2 aromatic rings. The lowest BCUT2D eigenvalue weighted by atomic mass is 10.0. The Balaban J connectivity index is 1.61. The normalized spacial score (nSPS) is 18.1. The van der Waals surface area contributed by atoms with E-state index in [0.717, 1.165) is 30.2 Å². The Labute approximate surface area is 158 Å². The lowest BCUT2D eigenvalue weighted by Gasteiger charge is -2.36. The van der Waals surface area contributed by atoms with Crippen LogP contribution in [0.1, 0.15) is 18.0 Å². The summed E-state index contributed by atoms with van der Waals surface area (Å²) in [4.78, 5) is 14.6. The smallest absolute Gasteiger partial charge is 0.225 e. The summed E-state index contributed by atoms with van der Waals surface area (Å²) in [6.07, 6.45) is 0.409. The molecule has 1 fully saturated rings. The highest BCUT2D eigenvalue weighted by atomic mass is 35.5. The largest absolute Gasteiger partial charge is 0.325 e. The first kappa shape index (κ1) is 18.2. The number of hydrogen-bond acceptors (Lipinski definition) is 3. The third kappa shape index (κ3) is 4.73. The summed E-state index contributed by atoms with van der Waals surface area (Å²) < 4.78 is 0. The molecule has 4 nitrogen and oxygen atoms in total. The minimum Gasteiger partial charge on any atom is -0.325 e. The maximum absolute atomic E-state index is 12.3. The molecule has 1 aliphatic heterocycles. The third-order valence-corrected chi connectivity index (χ3v) is 5.07. The van der Waals surface area contributed by atoms with Crippen molar-refractivity contribution >= 4 is 34.8 Å². The molecule has 0 radical (unpaired) electrons. The van der Waals surface area contributed by atoms with Gasteiger partial charge in [-0.2, -0.15) is 0 Å². The van der Waals surface area contributed by atoms with Crippen LogP contribution in [0.25, 0.3) is 0 Å². The van der Waals surface area contributed by atoms with E-state index in [1.165, 1.54) is 0 Å². The molecule has 0 saturated carbocycles. The molecule has 2 N–H and O–H groups in total. The van der Waals surface area contributed by atoms with Crippen LogP contribution in [0.3, 0.4) is 0 Å². The van der Waals surface area contributed by atoms with Crippen LogP contribution in [0.5, 0.6) is 0 Å². The van der Waals surface area contributed by atoms with E-state index in [1.807, 2.05) is 30.3 Å². The number of carbonyl (C=O) groups is 1. The van der Waals surface area contributed by atoms with Crippen molar-refractivity contribution in [2.45, 2.75) is 12.5 Å². The maximum Gasteiger partial charge on any atom is 0.225 e. The number of carbonyl (C=O) groups excluding carboxylic acids is 1. The van der Waals surface area contributed by atoms with Crippen LogP contribution >= 0.6 is 23.2 Å². The van der Waals surface area contributed by atoms with E-state index in [4.69, 9.17) is 23.2 Å². The number of anilines is 1. The first-order valence-corrected chi connectivity index (χ1v) is 9.14. The van der Waals surface area contributed by atoms with Gasteiger partial charge in [0, 0.05) is 43.7 Å². The van der Waals surface area contributed by atoms with Gasteiger partial charge in [0.1, 0.15) is 0 Å². The molecule has 132 valence electrons. The Kier molecular flexibility index (Phi) is 6.32. The van der Waals surface area contributed by atoms with Crippen LogP contribution < -0.4 is 10.6 Å². The molecule has 0 spiro atoms. The van der Waals surface area contributed by atoms with Crippen molar-refractivity contribution in [3.63, 3.8) is 0 Å². The highest BCUT2D eigenvalue weighted by Gasteiger charge is 2.25. The van der Waals surface area contributed by atoms with Crippen molar-refractivity contribution in [1.29, 1.82) is 0 Å². The fraction of sp³-hybridized carbons (Fsp3) is 0.316. The van der Waals surface area contributed by atoms with Gasteiger partial charge in [-0.3, -0.25) is 9.69 Å². The number of hydrogen-bond donors (Lipinski definition) is 2. The van der Waals surface area contributed by atoms with Crippen molar-refractivity contribution in [1.82, 2.24) is 10.2 Å². The van der Waals surface area contributed by atoms with E-state index in [-0.39, 0.29) is 11.9 Å². The highest BCUT2D eigenvalue weighted by molar-refractivity contribution is 6.33. The second-order valence-corrected chi connectivity index (χ2v) is 6.87. The highest BCUT2D eigenvalue weighted by Crippen LogP contribution is 2.28. The summed E-state index contributed by atoms with van der Waals surface area (Å²) in [7, 11) is 0. The number of para-hydroxylation sites is 1. The molecule has 1 aliphatic rings. The van der Waals surface area contributed by atoms with Gasteiger partial charge in [0.2, 0.25) is 5.91 Å². The number of nitrogens with zero attached hydrogens (tertiary/aromatic N) is 1. The SMILES string of the molecule is O=C(CCN1CCNCC1c1ccccc1Cl)Nc1ccccc1Cl. The molecule has 1 amide bonds. The fourth-order valence-corrected chi connectivity index (χ4v) is 3.53. The lowest BCUT2D eigenvalue weighted by Crippen LogP contribution is -2.46. The van der Waals surface area contributed by atoms with Gasteiger partial charge in [-0.25, -0.2) is 0 Å². The molecule has 1 unspecified atom stereocenters. The fourth-order valence-electron chi connectivity index (χ4n) is 3.09. The van der Waals surface area contributed by atoms with Crippen LogP contribution in [-0.4, -0.2) is 37.0 Å². The Bertz CT molecular complexity index is 738. The van der Waals surface area contributed by atoms with Crippen molar-refractivity contribution in [3.8, 4) is 0 Å². The summed E-state index contributed by atoms with van der Waals surface area (Å²) in [6.45, 7) is 3.30. The standard InChI is InChI=1S/C19H21Cl2N3O/c20-15-6-2-1-5-14(15)18-13-22-10-12-24(18)11-9-19(25)23-17-8-4-3-7-16(17)21/h1-8,18,22H,9-13H2,(H,23,25). The molecule has 0 aliphatic carbocycles. The second kappa shape index (κ2) is 8.68. The molecule has 1 saturated heterocycles. The summed E-state index contributed by atoms with van der Waals surface area (Å²) in [5, 5.41) is 7.60. The van der Waals surface area contributed by atoms with Gasteiger partial charge in [0.15, 0.2) is 0 Å². The number of nitrogens with one attached hydrogen (secondary N) is 2. The zero-order chi connectivity index (χ0) is 17.6. The molecular weight excluding hydrogens is 357 g/mol. The van der Waals surface area contributed by atoms with Gasteiger partial charge in [0.05, 0.1) is 10.7 Å². The predicted octanol–water partition coefficient (Wildman–Crippen LogP) is 3.97. The van der Waals surface area contributed by atoms with Crippen LogP contribution in [0, 0.1) is 0 Å². The predicted molar refractivity (Wildman–Crippen MR) is 103 cm³/mol. The number of piperazine rings is 1. The molecule has 6 heteroatoms. The van der Waals surface area contributed by atoms with Crippen molar-refractivity contribution < 1.29 is 4.79 Å². The van der Waals surface area contributed by atoms with Crippen molar-refractivity contribution in [2.75, 3.05) is 31.5 Å². The first-order valence-electron chi connectivity index (χ1n) is 8.39. The van der Waals surface area contributed by atoms with E-state index < -0.39 is 0 Å². The Morgan fingerprint density at radius 2 is 1.84 bits per heavy atom. The Hall–Kier alpha value is -1.59. The van der Waals surface area contributed by atoms with Crippen molar-refractivity contribution in [3.05, 3.63) is 64.1 Å². The van der Waals surface area contributed by atoms with Gasteiger partial charge in [0.25, 0.3) is 0 Å². The quantitative estimate of drug-likeness (QED) is 0.828. The molecule has 25 heavy (non-hydrogen) atoms. The number of amides is 1. The van der Waals surface area contributed by atoms with Gasteiger partial charge in [-0.15, -0.1) is 0 Å². The maximum atomic E-state index is 12.3. The number of benzene rings is 2. The molecule has 1 heterocycles. The molecular formula is C19H21Cl2N3O. The molecule has 1 atom stereocenters. The average Bonchev–Trinajstić information content (AvgIpc) is 2.63. The van der Waals surface area contributed by atoms with Gasteiger partial charge in [-0.1, -0.05) is 53.5 Å². The summed E-state index contributed by atoms with van der Waals surface area (Å²) in [6, 6.07) is 15.3. The third-order valence-electron chi connectivity index (χ3n) is 4.39. The van der Waals surface area contributed by atoms with E-state index >= 15 is 0 Å². The molecule has 3 rings (SSSR count). The summed E-state index contributed by atoms with van der Waals surface area (Å²) in [5.41, 5.74) is 1.75. The van der Waals surface area contributed by atoms with Crippen LogP contribution in [-0.2, 0) is 4.79 Å². The average molecular weight is 378 g/mol. The Morgan fingerprint density at radius 1 is 1.12 bits per heavy atom. The lowest BCUT2D eigenvalue weighted by molar-refractivity contribution is -0.116. The van der Waals surface area contributed by atoms with Crippen LogP contribution in [0.4, 0.5) is 5.69 Å². The minimum atomic E-state index is -0.0375. The molecule has 0 aromatic heterocycles. The zero-order valence-electron chi connectivity index (χ0n) is 13.8. The summed E-state index contributed by atoms with van der Waals surface area (Å²) >= 11 is 12.5. The monoisotopic (exact) mass is 377 g/mol. The van der Waals surface area contributed by atoms with E-state index in [9.17, 15) is 4.79 Å². The first-order chi connectivity index (χ1) is 12.1. The van der Waals surface area contributed by atoms with Crippen LogP contribution in [0.15, 0.2) is 48.5 Å². The number of halogens is 2. The molecule has 2 aromatic carbocycles. The van der Waals surface area contributed by atoms with E-state index in [0.29, 0.717) is 23.7 Å². The topological polar surface area (TPSA) is 44.4 Å². The summed E-state index contributed by atoms with van der Waals surface area (Å²) in [5.74, 6) is -0.0375. The number of rotatable bonds is 5. The second-order valence-electron chi connectivity index (χ2n) is 6.06. The Morgan fingerprint density at radius 3 is 2.60 bits per heavy atom. The molecule has 0 bridgehead atoms. The van der Waals surface area contributed by atoms with Gasteiger partial charge in [-0.05, 0) is 23.8 Å². The van der Waals surface area contributed by atoms with E-state index in [1.54, 1.807) is 12.1 Å².